The lowest BCUT2D eigenvalue weighted by Gasteiger charge is -2.23. The number of nitrogens with one attached hydrogen (secondary N) is 1. The highest BCUT2D eigenvalue weighted by molar-refractivity contribution is 6.31. The van der Waals surface area contributed by atoms with E-state index in [0.29, 0.717) is 41.6 Å². The normalized spacial score (nSPS) is 16.1. The van der Waals surface area contributed by atoms with Crippen LogP contribution in [0.15, 0.2) is 78.2 Å². The number of nitrogens with zero attached hydrogens (tertiary/aromatic N) is 7. The third kappa shape index (κ3) is 8.87. The molecule has 3 aromatic heterocycles. The lowest BCUT2D eigenvalue weighted by atomic mass is 9.93. The third-order valence-electron chi connectivity index (χ3n) is 8.10. The van der Waals surface area contributed by atoms with Crippen molar-refractivity contribution in [3.63, 3.8) is 0 Å². The van der Waals surface area contributed by atoms with Crippen molar-refractivity contribution >= 4 is 29.2 Å². The van der Waals surface area contributed by atoms with Crippen molar-refractivity contribution < 1.29 is 41.0 Å². The first-order chi connectivity index (χ1) is 25.0. The highest BCUT2D eigenvalue weighted by atomic mass is 35.5. The van der Waals surface area contributed by atoms with Gasteiger partial charge in [-0.1, -0.05) is 36.2 Å². The fourth-order valence-corrected chi connectivity index (χ4v) is 5.62. The molecule has 2 aromatic carbocycles. The fourth-order valence-electron chi connectivity index (χ4n) is 5.44. The SMILES string of the molecule is C[C@@H]1CCC[C@H](n2cnc(-c3cc(Cl)ccc3-n3cc(C(F)(F)F)nn3)cc2=O)c2cncc(c2)-c2ccc(C#N)cc2NC1=O.O=C(O)C(F)(F)F. The number of aromatic nitrogens is 6. The minimum absolute atomic E-state index is 0.176. The summed E-state index contributed by atoms with van der Waals surface area (Å²) in [5.74, 6) is -3.29. The Hall–Kier alpha value is -6.09. The molecule has 19 heteroatoms. The maximum Gasteiger partial charge on any atom is 0.490 e. The molecule has 53 heavy (non-hydrogen) atoms. The molecule has 1 aliphatic heterocycles. The zero-order valence-electron chi connectivity index (χ0n) is 27.2. The Morgan fingerprint density at radius 2 is 1.75 bits per heavy atom. The number of alkyl halides is 6. The first-order valence-electron chi connectivity index (χ1n) is 15.4. The maximum absolute atomic E-state index is 13.7. The van der Waals surface area contributed by atoms with Crippen molar-refractivity contribution in [2.45, 2.75) is 44.6 Å². The molecule has 0 saturated heterocycles. The summed E-state index contributed by atoms with van der Waals surface area (Å²) in [5.41, 5.74) is 2.04. The summed E-state index contributed by atoms with van der Waals surface area (Å²) < 4.78 is 73.8. The van der Waals surface area contributed by atoms with Gasteiger partial charge < -0.3 is 10.4 Å². The first kappa shape index (κ1) is 38.1. The molecule has 274 valence electrons. The number of carboxylic acid groups (broad SMARTS) is 1. The lowest BCUT2D eigenvalue weighted by Crippen LogP contribution is -2.26. The van der Waals surface area contributed by atoms with Crippen molar-refractivity contribution in [2.24, 2.45) is 5.92 Å². The molecule has 1 aliphatic rings. The summed E-state index contributed by atoms with van der Waals surface area (Å²) in [6.07, 6.45) is -2.70. The zero-order chi connectivity index (χ0) is 38.7. The Balaban J connectivity index is 0.000000705. The number of carboxylic acids is 1. The van der Waals surface area contributed by atoms with Crippen LogP contribution >= 0.6 is 11.6 Å². The molecule has 2 atom stereocenters. The number of benzene rings is 2. The van der Waals surface area contributed by atoms with Crippen LogP contribution in [0, 0.1) is 17.2 Å². The van der Waals surface area contributed by atoms with Crippen LogP contribution < -0.4 is 10.9 Å². The van der Waals surface area contributed by atoms with Gasteiger partial charge in [-0.05, 0) is 54.8 Å². The number of nitriles is 1. The molecule has 1 amide bonds. The van der Waals surface area contributed by atoms with Gasteiger partial charge in [-0.3, -0.25) is 19.1 Å². The number of carbonyl (C=O) groups is 2. The van der Waals surface area contributed by atoms with Gasteiger partial charge in [-0.2, -0.15) is 31.6 Å². The van der Waals surface area contributed by atoms with E-state index in [-0.39, 0.29) is 33.8 Å². The predicted molar refractivity (Wildman–Crippen MR) is 177 cm³/mol. The Morgan fingerprint density at radius 3 is 2.40 bits per heavy atom. The molecule has 0 aliphatic carbocycles. The summed E-state index contributed by atoms with van der Waals surface area (Å²) >= 11 is 6.24. The van der Waals surface area contributed by atoms with Crippen LogP contribution in [0.25, 0.3) is 28.1 Å². The largest absolute Gasteiger partial charge is 0.490 e. The van der Waals surface area contributed by atoms with Gasteiger partial charge in [-0.15, -0.1) is 5.10 Å². The minimum Gasteiger partial charge on any atom is -0.475 e. The highest BCUT2D eigenvalue weighted by Crippen LogP contribution is 2.35. The quantitative estimate of drug-likeness (QED) is 0.183. The first-order valence-corrected chi connectivity index (χ1v) is 15.8. The maximum atomic E-state index is 13.7. The zero-order valence-corrected chi connectivity index (χ0v) is 27.9. The van der Waals surface area contributed by atoms with E-state index in [4.69, 9.17) is 21.5 Å². The van der Waals surface area contributed by atoms with E-state index in [1.54, 1.807) is 30.6 Å². The van der Waals surface area contributed by atoms with Gasteiger partial charge >= 0.3 is 18.3 Å². The standard InChI is InChI=1S/C32H24ClF3N8O2.C2HF3O2/c1-18-3-2-4-27(21-10-20(14-38-15-21)23-7-5-19(13-37)9-26(23)40-31(18)46)43-17-39-25(12-30(43)45)24-11-22(33)6-8-28(24)44-16-29(41-42-44)32(34,35)36;3-2(4,5)1(6)7/h5-12,14-18,27H,2-4H2,1H3,(H,40,46);(H,6,7)/t18-,27+;/m1./s1. The lowest BCUT2D eigenvalue weighted by molar-refractivity contribution is -0.192. The summed E-state index contributed by atoms with van der Waals surface area (Å²) in [6.45, 7) is 1.82. The molecule has 0 unspecified atom stereocenters. The highest BCUT2D eigenvalue weighted by Gasteiger charge is 2.38. The summed E-state index contributed by atoms with van der Waals surface area (Å²) in [6, 6.07) is 14.3. The van der Waals surface area contributed by atoms with Gasteiger partial charge in [-0.25, -0.2) is 14.5 Å². The van der Waals surface area contributed by atoms with E-state index in [1.807, 2.05) is 13.0 Å². The minimum atomic E-state index is -5.08. The number of anilines is 1. The summed E-state index contributed by atoms with van der Waals surface area (Å²) in [5, 5.41) is 26.6. The second kappa shape index (κ2) is 15.3. The van der Waals surface area contributed by atoms with Gasteiger partial charge in [0.1, 0.15) is 0 Å². The van der Waals surface area contributed by atoms with Gasteiger partial charge in [0.2, 0.25) is 5.91 Å². The number of halogens is 7. The van der Waals surface area contributed by atoms with E-state index in [1.165, 1.54) is 35.2 Å². The van der Waals surface area contributed by atoms with E-state index < -0.39 is 35.6 Å². The second-order valence-electron chi connectivity index (χ2n) is 11.7. The van der Waals surface area contributed by atoms with Crippen LogP contribution in [0.3, 0.4) is 0 Å². The molecular formula is C34H25ClF6N8O4. The van der Waals surface area contributed by atoms with Crippen molar-refractivity contribution in [3.05, 3.63) is 106 Å². The van der Waals surface area contributed by atoms with E-state index >= 15 is 0 Å². The van der Waals surface area contributed by atoms with Gasteiger partial charge in [0.25, 0.3) is 5.56 Å². The van der Waals surface area contributed by atoms with Crippen LogP contribution in [0.5, 0.6) is 0 Å². The molecule has 0 saturated carbocycles. The molecule has 2 N–H and O–H groups in total. The van der Waals surface area contributed by atoms with Gasteiger partial charge in [0.05, 0.1) is 41.6 Å². The number of amides is 1. The number of rotatable bonds is 3. The number of fused-ring (bicyclic) bond motifs is 4. The average Bonchev–Trinajstić information content (AvgIpc) is 3.61. The van der Waals surface area contributed by atoms with Crippen molar-refractivity contribution in [2.75, 3.05) is 5.32 Å². The topological polar surface area (TPSA) is 169 Å². The van der Waals surface area contributed by atoms with Crippen LogP contribution in [-0.2, 0) is 15.8 Å². The van der Waals surface area contributed by atoms with E-state index in [9.17, 15) is 41.2 Å². The molecule has 0 fully saturated rings. The van der Waals surface area contributed by atoms with Crippen molar-refractivity contribution in [3.8, 4) is 34.1 Å². The number of hydrogen-bond acceptors (Lipinski definition) is 8. The Kier molecular flexibility index (Phi) is 11.0. The van der Waals surface area contributed by atoms with Crippen molar-refractivity contribution in [1.82, 2.24) is 29.5 Å². The molecular weight excluding hydrogens is 734 g/mol. The molecule has 0 spiro atoms. The Bertz CT molecular complexity index is 2280. The van der Waals surface area contributed by atoms with Gasteiger partial charge in [0, 0.05) is 51.8 Å². The third-order valence-corrected chi connectivity index (χ3v) is 8.34. The Labute approximate surface area is 300 Å². The smallest absolute Gasteiger partial charge is 0.475 e. The summed E-state index contributed by atoms with van der Waals surface area (Å²) in [4.78, 5) is 44.6. The Morgan fingerprint density at radius 1 is 1.02 bits per heavy atom. The molecule has 4 heterocycles. The average molecular weight is 759 g/mol. The van der Waals surface area contributed by atoms with Crippen LogP contribution in [0.1, 0.15) is 49.0 Å². The number of carbonyl (C=O) groups excluding carboxylic acids is 1. The molecule has 2 bridgehead atoms. The van der Waals surface area contributed by atoms with Crippen molar-refractivity contribution in [1.29, 1.82) is 5.26 Å². The molecule has 6 rings (SSSR count). The number of aliphatic carboxylic acids is 1. The van der Waals surface area contributed by atoms with Crippen LogP contribution in [-0.4, -0.2) is 52.7 Å². The number of hydrogen-bond donors (Lipinski definition) is 2. The summed E-state index contributed by atoms with van der Waals surface area (Å²) in [7, 11) is 0. The number of pyridine rings is 1. The van der Waals surface area contributed by atoms with Crippen LogP contribution in [0.2, 0.25) is 5.02 Å². The van der Waals surface area contributed by atoms with Gasteiger partial charge in [0.15, 0.2) is 5.69 Å². The molecule has 12 nitrogen and oxygen atoms in total. The van der Waals surface area contributed by atoms with E-state index in [0.717, 1.165) is 16.4 Å². The predicted octanol–water partition coefficient (Wildman–Crippen LogP) is 7.08. The van der Waals surface area contributed by atoms with Crippen LogP contribution in [0.4, 0.5) is 32.0 Å². The molecule has 5 aromatic rings. The fraction of sp³-hybridized carbons (Fsp3) is 0.235. The van der Waals surface area contributed by atoms with E-state index in [2.05, 4.69) is 31.7 Å². The monoisotopic (exact) mass is 758 g/mol. The second-order valence-corrected chi connectivity index (χ2v) is 12.2. The molecule has 0 radical (unpaired) electrons.